The minimum Gasteiger partial charge on any atom is -0.495 e. The number of ether oxygens (including phenoxy) is 2. The summed E-state index contributed by atoms with van der Waals surface area (Å²) in [6.07, 6.45) is 0.596. The third-order valence-electron chi connectivity index (χ3n) is 3.39. The SMILES string of the molecule is COc1cc(NC(=O)CS[C@H]2CCS(=O)(=O)C2)c(OC)cc1Cl. The molecule has 0 aliphatic carbocycles. The number of nitrogens with one attached hydrogen (secondary N) is 1. The van der Waals surface area contributed by atoms with Crippen LogP contribution in [-0.2, 0) is 14.6 Å². The van der Waals surface area contributed by atoms with Crippen molar-refractivity contribution in [3.8, 4) is 11.5 Å². The van der Waals surface area contributed by atoms with Gasteiger partial charge in [0.2, 0.25) is 5.91 Å². The molecule has 1 heterocycles. The fourth-order valence-electron chi connectivity index (χ4n) is 2.23. The molecule has 0 saturated carbocycles. The number of benzene rings is 1. The van der Waals surface area contributed by atoms with Crippen LogP contribution in [0.5, 0.6) is 11.5 Å². The minimum absolute atomic E-state index is 0.0209. The molecule has 6 nitrogen and oxygen atoms in total. The van der Waals surface area contributed by atoms with E-state index in [2.05, 4.69) is 5.32 Å². The molecule has 1 aromatic carbocycles. The van der Waals surface area contributed by atoms with Gasteiger partial charge in [-0.3, -0.25) is 4.79 Å². The summed E-state index contributed by atoms with van der Waals surface area (Å²) >= 11 is 7.36. The predicted octanol–water partition coefficient (Wildman–Crippen LogP) is 2.22. The normalized spacial score (nSPS) is 19.3. The van der Waals surface area contributed by atoms with E-state index < -0.39 is 9.84 Å². The first-order valence-corrected chi connectivity index (χ1v) is 10.1. The van der Waals surface area contributed by atoms with Gasteiger partial charge in [-0.05, 0) is 6.42 Å². The quantitative estimate of drug-likeness (QED) is 0.816. The van der Waals surface area contributed by atoms with Crippen LogP contribution in [-0.4, -0.2) is 51.1 Å². The Balaban J connectivity index is 1.97. The molecule has 9 heteroatoms. The van der Waals surface area contributed by atoms with Crippen LogP contribution < -0.4 is 14.8 Å². The zero-order chi connectivity index (χ0) is 17.0. The lowest BCUT2D eigenvalue weighted by atomic mass is 10.2. The number of amides is 1. The van der Waals surface area contributed by atoms with Gasteiger partial charge in [-0.25, -0.2) is 8.42 Å². The lowest BCUT2D eigenvalue weighted by Crippen LogP contribution is -2.17. The first kappa shape index (κ1) is 18.2. The maximum Gasteiger partial charge on any atom is 0.234 e. The molecule has 1 saturated heterocycles. The highest BCUT2D eigenvalue weighted by atomic mass is 35.5. The van der Waals surface area contributed by atoms with Crippen molar-refractivity contribution in [3.05, 3.63) is 17.2 Å². The van der Waals surface area contributed by atoms with E-state index in [1.165, 1.54) is 26.0 Å². The van der Waals surface area contributed by atoms with Crippen LogP contribution in [0.3, 0.4) is 0 Å². The van der Waals surface area contributed by atoms with E-state index in [1.54, 1.807) is 12.1 Å². The number of carbonyl (C=O) groups is 1. The molecule has 1 aliphatic rings. The second-order valence-electron chi connectivity index (χ2n) is 5.07. The van der Waals surface area contributed by atoms with Gasteiger partial charge in [0.05, 0.1) is 42.2 Å². The Morgan fingerprint density at radius 3 is 2.61 bits per heavy atom. The number of hydrogen-bond acceptors (Lipinski definition) is 6. The van der Waals surface area contributed by atoms with Crippen molar-refractivity contribution in [1.29, 1.82) is 0 Å². The molecule has 128 valence electrons. The number of carbonyl (C=O) groups excluding carboxylic acids is 1. The predicted molar refractivity (Wildman–Crippen MR) is 92.7 cm³/mol. The molecule has 2 rings (SSSR count). The fraction of sp³-hybridized carbons (Fsp3) is 0.500. The monoisotopic (exact) mass is 379 g/mol. The van der Waals surface area contributed by atoms with Crippen LogP contribution in [0.25, 0.3) is 0 Å². The Morgan fingerprint density at radius 2 is 2.04 bits per heavy atom. The van der Waals surface area contributed by atoms with Crippen LogP contribution in [0.1, 0.15) is 6.42 Å². The summed E-state index contributed by atoms with van der Waals surface area (Å²) in [6, 6.07) is 3.15. The summed E-state index contributed by atoms with van der Waals surface area (Å²) < 4.78 is 33.1. The Morgan fingerprint density at radius 1 is 1.35 bits per heavy atom. The van der Waals surface area contributed by atoms with E-state index in [4.69, 9.17) is 21.1 Å². The highest BCUT2D eigenvalue weighted by Gasteiger charge is 2.28. The molecule has 0 bridgehead atoms. The number of sulfone groups is 1. The lowest BCUT2D eigenvalue weighted by Gasteiger charge is -2.13. The molecule has 1 atom stereocenters. The molecule has 0 radical (unpaired) electrons. The highest BCUT2D eigenvalue weighted by molar-refractivity contribution is 8.02. The summed E-state index contributed by atoms with van der Waals surface area (Å²) in [5.74, 6) is 1.14. The van der Waals surface area contributed by atoms with Gasteiger partial charge in [-0.2, -0.15) is 0 Å². The van der Waals surface area contributed by atoms with E-state index in [9.17, 15) is 13.2 Å². The average molecular weight is 380 g/mol. The number of rotatable bonds is 6. The largest absolute Gasteiger partial charge is 0.495 e. The molecular weight excluding hydrogens is 362 g/mol. The van der Waals surface area contributed by atoms with Gasteiger partial charge in [0.15, 0.2) is 9.84 Å². The second-order valence-corrected chi connectivity index (χ2v) is 9.00. The molecule has 23 heavy (non-hydrogen) atoms. The maximum atomic E-state index is 12.1. The zero-order valence-electron chi connectivity index (χ0n) is 12.8. The topological polar surface area (TPSA) is 81.7 Å². The van der Waals surface area contributed by atoms with Crippen molar-refractivity contribution < 1.29 is 22.7 Å². The number of methoxy groups -OCH3 is 2. The number of halogens is 1. The van der Waals surface area contributed by atoms with Crippen molar-refractivity contribution in [2.45, 2.75) is 11.7 Å². The van der Waals surface area contributed by atoms with Crippen molar-refractivity contribution in [1.82, 2.24) is 0 Å². The van der Waals surface area contributed by atoms with Crippen molar-refractivity contribution in [3.63, 3.8) is 0 Å². The van der Waals surface area contributed by atoms with E-state index in [1.807, 2.05) is 0 Å². The van der Waals surface area contributed by atoms with Gasteiger partial charge in [0, 0.05) is 17.4 Å². The summed E-state index contributed by atoms with van der Waals surface area (Å²) in [5, 5.41) is 3.10. The van der Waals surface area contributed by atoms with Gasteiger partial charge in [-0.1, -0.05) is 11.6 Å². The minimum atomic E-state index is -2.93. The molecule has 1 N–H and O–H groups in total. The Bertz CT molecular complexity index is 693. The smallest absolute Gasteiger partial charge is 0.234 e. The highest BCUT2D eigenvalue weighted by Crippen LogP contribution is 2.36. The summed E-state index contributed by atoms with van der Waals surface area (Å²) in [5.41, 5.74) is 0.457. The molecule has 1 amide bonds. The fourth-order valence-corrected chi connectivity index (χ4v) is 5.90. The second kappa shape index (κ2) is 7.63. The molecule has 0 unspecified atom stereocenters. The number of anilines is 1. The lowest BCUT2D eigenvalue weighted by molar-refractivity contribution is -0.113. The molecule has 1 aliphatic heterocycles. The summed E-state index contributed by atoms with van der Waals surface area (Å²) in [4.78, 5) is 12.1. The third kappa shape index (κ3) is 4.92. The van der Waals surface area contributed by atoms with Gasteiger partial charge >= 0.3 is 0 Å². The van der Waals surface area contributed by atoms with Crippen LogP contribution in [0, 0.1) is 0 Å². The number of thioether (sulfide) groups is 1. The van der Waals surface area contributed by atoms with Gasteiger partial charge < -0.3 is 14.8 Å². The van der Waals surface area contributed by atoms with E-state index in [0.717, 1.165) is 0 Å². The van der Waals surface area contributed by atoms with E-state index in [-0.39, 0.29) is 28.4 Å². The van der Waals surface area contributed by atoms with Crippen LogP contribution in [0.15, 0.2) is 12.1 Å². The van der Waals surface area contributed by atoms with Gasteiger partial charge in [-0.15, -0.1) is 11.8 Å². The van der Waals surface area contributed by atoms with Crippen molar-refractivity contribution >= 4 is 44.8 Å². The summed E-state index contributed by atoms with van der Waals surface area (Å²) in [6.45, 7) is 0. The maximum absolute atomic E-state index is 12.1. The Kier molecular flexibility index (Phi) is 6.05. The van der Waals surface area contributed by atoms with Crippen LogP contribution in [0.2, 0.25) is 5.02 Å². The molecule has 0 spiro atoms. The van der Waals surface area contributed by atoms with Crippen LogP contribution >= 0.6 is 23.4 Å². The number of hydrogen-bond donors (Lipinski definition) is 1. The first-order valence-electron chi connectivity index (χ1n) is 6.88. The first-order chi connectivity index (χ1) is 10.8. The Hall–Kier alpha value is -1.12. The molecule has 0 aromatic heterocycles. The Labute approximate surface area is 144 Å². The standard InChI is InChI=1S/C14H18ClNO5S2/c1-20-12-6-11(13(21-2)5-10(12)15)16-14(17)7-22-9-3-4-23(18,19)8-9/h5-6,9H,3-4,7-8H2,1-2H3,(H,16,17)/t9-/m0/s1. The van der Waals surface area contributed by atoms with E-state index >= 15 is 0 Å². The third-order valence-corrected chi connectivity index (χ3v) is 6.97. The van der Waals surface area contributed by atoms with Gasteiger partial charge in [0.25, 0.3) is 0 Å². The zero-order valence-corrected chi connectivity index (χ0v) is 15.2. The molecular formula is C14H18ClNO5S2. The van der Waals surface area contributed by atoms with Crippen molar-refractivity contribution in [2.75, 3.05) is 36.8 Å². The van der Waals surface area contributed by atoms with E-state index in [0.29, 0.717) is 28.6 Å². The molecule has 1 aromatic rings. The van der Waals surface area contributed by atoms with Crippen molar-refractivity contribution in [2.24, 2.45) is 0 Å². The average Bonchev–Trinajstić information content (AvgIpc) is 2.85. The van der Waals surface area contributed by atoms with Gasteiger partial charge in [0.1, 0.15) is 11.5 Å². The summed E-state index contributed by atoms with van der Waals surface area (Å²) in [7, 11) is 0.0295. The van der Waals surface area contributed by atoms with Crippen LogP contribution in [0.4, 0.5) is 5.69 Å². The molecule has 1 fully saturated rings.